The minimum absolute atomic E-state index is 1.00. The zero-order valence-electron chi connectivity index (χ0n) is 14.5. The Labute approximate surface area is 171 Å². The maximum absolute atomic E-state index is 3.44. The van der Waals surface area contributed by atoms with Gasteiger partial charge in [-0.1, -0.05) is 55.5 Å². The Morgan fingerprint density at radius 1 is 0.538 bits per heavy atom. The highest BCUT2D eigenvalue weighted by atomic mass is 79.9. The van der Waals surface area contributed by atoms with Crippen molar-refractivity contribution in [2.45, 2.75) is 13.8 Å². The second kappa shape index (κ2) is 8.41. The second-order valence-electron chi connectivity index (χ2n) is 6.00. The van der Waals surface area contributed by atoms with Crippen molar-refractivity contribution >= 4 is 31.9 Å². The highest BCUT2D eigenvalue weighted by Crippen LogP contribution is 2.16. The molecule has 0 spiro atoms. The molecule has 3 rings (SSSR count). The summed E-state index contributed by atoms with van der Waals surface area (Å²) in [5.74, 6) is 13.0. The molecule has 0 aliphatic rings. The second-order valence-corrected chi connectivity index (χ2v) is 7.83. The molecule has 0 saturated carbocycles. The molecule has 0 fully saturated rings. The van der Waals surface area contributed by atoms with E-state index in [9.17, 15) is 0 Å². The van der Waals surface area contributed by atoms with Crippen molar-refractivity contribution in [3.8, 4) is 23.7 Å². The zero-order chi connectivity index (χ0) is 18.5. The molecule has 0 aliphatic heterocycles. The summed E-state index contributed by atoms with van der Waals surface area (Å²) < 4.78 is 2.12. The summed E-state index contributed by atoms with van der Waals surface area (Å²) >= 11 is 6.88. The lowest BCUT2D eigenvalue weighted by molar-refractivity contribution is 1.35. The molecule has 0 amide bonds. The Morgan fingerprint density at radius 2 is 0.885 bits per heavy atom. The Hall–Kier alpha value is -2.26. The van der Waals surface area contributed by atoms with Crippen molar-refractivity contribution in [3.05, 3.63) is 103 Å². The summed E-state index contributed by atoms with van der Waals surface area (Å²) in [6.07, 6.45) is 0. The molecule has 0 atom stereocenters. The summed E-state index contributed by atoms with van der Waals surface area (Å²) in [6, 6.07) is 20.3. The third kappa shape index (κ3) is 4.89. The van der Waals surface area contributed by atoms with Crippen LogP contribution in [-0.2, 0) is 0 Å². The van der Waals surface area contributed by atoms with Crippen LogP contribution in [0, 0.1) is 37.5 Å². The number of rotatable bonds is 0. The molecular weight excluding hydrogens is 448 g/mol. The molecule has 0 nitrogen and oxygen atoms in total. The standard InChI is InChI=1S/C24H16Br2/c1-17-15-22(10-4-20-7-13-24(26)14-8-20)18(2)16-21(17)9-3-19-5-11-23(25)12-6-19/h5-8,11-16H,1-2H3. The van der Waals surface area contributed by atoms with E-state index in [1.165, 1.54) is 0 Å². The van der Waals surface area contributed by atoms with Crippen LogP contribution < -0.4 is 0 Å². The van der Waals surface area contributed by atoms with Crippen LogP contribution in [0.1, 0.15) is 33.4 Å². The van der Waals surface area contributed by atoms with Gasteiger partial charge >= 0.3 is 0 Å². The molecule has 0 unspecified atom stereocenters. The topological polar surface area (TPSA) is 0 Å². The molecule has 0 bridgehead atoms. The number of halogens is 2. The SMILES string of the molecule is Cc1cc(C#Cc2ccc(Br)cc2)c(C)cc1C#Cc1ccc(Br)cc1. The van der Waals surface area contributed by atoms with E-state index in [1.54, 1.807) is 0 Å². The lowest BCUT2D eigenvalue weighted by Crippen LogP contribution is -1.90. The van der Waals surface area contributed by atoms with E-state index in [2.05, 4.69) is 81.5 Å². The molecule has 0 heterocycles. The first-order chi connectivity index (χ1) is 12.5. The fourth-order valence-corrected chi connectivity index (χ4v) is 2.96. The van der Waals surface area contributed by atoms with E-state index < -0.39 is 0 Å². The van der Waals surface area contributed by atoms with Gasteiger partial charge < -0.3 is 0 Å². The number of hydrogen-bond acceptors (Lipinski definition) is 0. The van der Waals surface area contributed by atoms with Gasteiger partial charge in [-0.25, -0.2) is 0 Å². The van der Waals surface area contributed by atoms with E-state index in [1.807, 2.05) is 48.5 Å². The van der Waals surface area contributed by atoms with Gasteiger partial charge in [0.1, 0.15) is 0 Å². The third-order valence-electron chi connectivity index (χ3n) is 3.94. The molecular formula is C24H16Br2. The van der Waals surface area contributed by atoms with Gasteiger partial charge in [-0.05, 0) is 85.6 Å². The van der Waals surface area contributed by atoms with E-state index >= 15 is 0 Å². The quantitative estimate of drug-likeness (QED) is 0.328. The molecule has 0 N–H and O–H groups in total. The van der Waals surface area contributed by atoms with Crippen LogP contribution in [0.3, 0.4) is 0 Å². The fourth-order valence-electron chi connectivity index (χ4n) is 2.43. The molecule has 2 heteroatoms. The molecule has 0 aromatic heterocycles. The smallest absolute Gasteiger partial charge is 0.0281 e. The van der Waals surface area contributed by atoms with Gasteiger partial charge in [0.25, 0.3) is 0 Å². The van der Waals surface area contributed by atoms with Crippen molar-refractivity contribution in [3.63, 3.8) is 0 Å². The minimum atomic E-state index is 1.00. The van der Waals surface area contributed by atoms with E-state index in [4.69, 9.17) is 0 Å². The Kier molecular flexibility index (Phi) is 6.00. The average molecular weight is 464 g/mol. The highest BCUT2D eigenvalue weighted by molar-refractivity contribution is 9.10. The molecule has 3 aromatic carbocycles. The van der Waals surface area contributed by atoms with Crippen molar-refractivity contribution < 1.29 is 0 Å². The maximum Gasteiger partial charge on any atom is 0.0281 e. The number of aryl methyl sites for hydroxylation is 2. The first-order valence-electron chi connectivity index (χ1n) is 8.18. The van der Waals surface area contributed by atoms with E-state index in [-0.39, 0.29) is 0 Å². The van der Waals surface area contributed by atoms with Crippen LogP contribution >= 0.6 is 31.9 Å². The Morgan fingerprint density at radius 3 is 1.23 bits per heavy atom. The van der Waals surface area contributed by atoms with Gasteiger partial charge in [0.2, 0.25) is 0 Å². The monoisotopic (exact) mass is 462 g/mol. The molecule has 3 aromatic rings. The Bertz CT molecular complexity index is 963. The van der Waals surface area contributed by atoms with Crippen LogP contribution in [0.5, 0.6) is 0 Å². The highest BCUT2D eigenvalue weighted by Gasteiger charge is 2.01. The summed E-state index contributed by atoms with van der Waals surface area (Å²) in [6.45, 7) is 4.16. The summed E-state index contributed by atoms with van der Waals surface area (Å²) in [5.41, 5.74) is 6.37. The van der Waals surface area contributed by atoms with Gasteiger partial charge in [-0.3, -0.25) is 0 Å². The third-order valence-corrected chi connectivity index (χ3v) is 5.00. The van der Waals surface area contributed by atoms with Crippen molar-refractivity contribution in [2.75, 3.05) is 0 Å². The lowest BCUT2D eigenvalue weighted by Gasteiger charge is -2.04. The van der Waals surface area contributed by atoms with Gasteiger partial charge in [-0.2, -0.15) is 0 Å². The van der Waals surface area contributed by atoms with Gasteiger partial charge in [0.15, 0.2) is 0 Å². The fraction of sp³-hybridized carbons (Fsp3) is 0.0833. The minimum Gasteiger partial charge on any atom is -0.0616 e. The van der Waals surface area contributed by atoms with Crippen molar-refractivity contribution in [1.82, 2.24) is 0 Å². The van der Waals surface area contributed by atoms with Crippen molar-refractivity contribution in [2.24, 2.45) is 0 Å². The summed E-state index contributed by atoms with van der Waals surface area (Å²) in [7, 11) is 0. The van der Waals surface area contributed by atoms with Crippen molar-refractivity contribution in [1.29, 1.82) is 0 Å². The normalized spacial score (nSPS) is 9.69. The number of hydrogen-bond donors (Lipinski definition) is 0. The van der Waals surface area contributed by atoms with Crippen LogP contribution in [0.15, 0.2) is 69.6 Å². The van der Waals surface area contributed by atoms with E-state index in [0.717, 1.165) is 42.3 Å². The van der Waals surface area contributed by atoms with Gasteiger partial charge in [-0.15, -0.1) is 0 Å². The first-order valence-corrected chi connectivity index (χ1v) is 9.76. The molecule has 0 saturated heterocycles. The molecule has 26 heavy (non-hydrogen) atoms. The average Bonchev–Trinajstić information content (AvgIpc) is 2.63. The number of benzene rings is 3. The summed E-state index contributed by atoms with van der Waals surface area (Å²) in [5, 5.41) is 0. The van der Waals surface area contributed by atoms with Gasteiger partial charge in [0, 0.05) is 31.2 Å². The Balaban J connectivity index is 1.87. The largest absolute Gasteiger partial charge is 0.0616 e. The van der Waals surface area contributed by atoms with Crippen LogP contribution in [-0.4, -0.2) is 0 Å². The summed E-state index contributed by atoms with van der Waals surface area (Å²) in [4.78, 5) is 0. The molecule has 0 aliphatic carbocycles. The van der Waals surface area contributed by atoms with E-state index in [0.29, 0.717) is 0 Å². The maximum atomic E-state index is 3.44. The predicted molar refractivity (Wildman–Crippen MR) is 116 cm³/mol. The van der Waals surface area contributed by atoms with Crippen LogP contribution in [0.2, 0.25) is 0 Å². The zero-order valence-corrected chi connectivity index (χ0v) is 17.7. The van der Waals surface area contributed by atoms with Crippen LogP contribution in [0.25, 0.3) is 0 Å². The van der Waals surface area contributed by atoms with Gasteiger partial charge in [0.05, 0.1) is 0 Å². The molecule has 126 valence electrons. The lowest BCUT2D eigenvalue weighted by atomic mass is 10.00. The van der Waals surface area contributed by atoms with Crippen LogP contribution in [0.4, 0.5) is 0 Å². The first kappa shape index (κ1) is 18.5. The molecule has 0 radical (unpaired) electrons. The predicted octanol–water partition coefficient (Wildman–Crippen LogP) is 6.63.